The predicted molar refractivity (Wildman–Crippen MR) is 69.0 cm³/mol. The number of rotatable bonds is 6. The molecule has 0 bridgehead atoms. The van der Waals surface area contributed by atoms with Crippen LogP contribution in [0.2, 0.25) is 5.02 Å². The van der Waals surface area contributed by atoms with Crippen molar-refractivity contribution in [2.75, 3.05) is 13.2 Å². The summed E-state index contributed by atoms with van der Waals surface area (Å²) < 4.78 is 26.6. The third-order valence-electron chi connectivity index (χ3n) is 2.76. The van der Waals surface area contributed by atoms with Gasteiger partial charge < -0.3 is 10.2 Å². The van der Waals surface area contributed by atoms with Gasteiger partial charge in [-0.25, -0.2) is 13.1 Å². The van der Waals surface area contributed by atoms with Crippen molar-refractivity contribution in [3.63, 3.8) is 0 Å². The Balaban J connectivity index is 3.13. The summed E-state index contributed by atoms with van der Waals surface area (Å²) in [4.78, 5) is -0.0774. The SMILES string of the molecule is CCC(CO)(CO)NS(=O)(=O)c1ccccc1Cl. The van der Waals surface area contributed by atoms with Crippen molar-refractivity contribution in [1.29, 1.82) is 0 Å². The summed E-state index contributed by atoms with van der Waals surface area (Å²) in [6.07, 6.45) is 0.254. The first-order valence-electron chi connectivity index (χ1n) is 5.41. The first-order chi connectivity index (χ1) is 8.40. The van der Waals surface area contributed by atoms with Crippen LogP contribution in [0.1, 0.15) is 13.3 Å². The average Bonchev–Trinajstić information content (AvgIpc) is 2.36. The van der Waals surface area contributed by atoms with Crippen molar-refractivity contribution >= 4 is 21.6 Å². The van der Waals surface area contributed by atoms with Crippen LogP contribution in [0.25, 0.3) is 0 Å². The molecule has 0 aliphatic heterocycles. The number of hydrogen-bond acceptors (Lipinski definition) is 4. The van der Waals surface area contributed by atoms with E-state index in [9.17, 15) is 18.6 Å². The zero-order valence-corrected chi connectivity index (χ0v) is 11.5. The Bertz CT molecular complexity index is 491. The Labute approximate surface area is 111 Å². The highest BCUT2D eigenvalue weighted by Crippen LogP contribution is 2.22. The summed E-state index contributed by atoms with van der Waals surface area (Å²) in [5.74, 6) is 0. The van der Waals surface area contributed by atoms with Gasteiger partial charge in [0.05, 0.1) is 23.8 Å². The van der Waals surface area contributed by atoms with Crippen LogP contribution in [-0.2, 0) is 10.0 Å². The molecule has 0 amide bonds. The molecule has 1 aromatic carbocycles. The maximum atomic E-state index is 12.1. The largest absolute Gasteiger partial charge is 0.394 e. The summed E-state index contributed by atoms with van der Waals surface area (Å²) in [6.45, 7) is 0.676. The van der Waals surface area contributed by atoms with Gasteiger partial charge >= 0.3 is 0 Å². The Kier molecular flexibility index (Phi) is 5.12. The lowest BCUT2D eigenvalue weighted by molar-refractivity contribution is 0.105. The average molecular weight is 294 g/mol. The highest BCUT2D eigenvalue weighted by Gasteiger charge is 2.33. The second-order valence-electron chi connectivity index (χ2n) is 3.99. The molecule has 0 aromatic heterocycles. The number of aliphatic hydroxyl groups excluding tert-OH is 2. The van der Waals surface area contributed by atoms with Crippen molar-refractivity contribution in [3.05, 3.63) is 29.3 Å². The molecule has 0 atom stereocenters. The van der Waals surface area contributed by atoms with E-state index in [-0.39, 0.29) is 16.3 Å². The Hall–Kier alpha value is -0.660. The second-order valence-corrected chi connectivity index (χ2v) is 6.04. The van der Waals surface area contributed by atoms with E-state index in [4.69, 9.17) is 11.6 Å². The molecule has 0 saturated carbocycles. The van der Waals surface area contributed by atoms with E-state index in [1.807, 2.05) is 0 Å². The lowest BCUT2D eigenvalue weighted by atomic mass is 10.0. The smallest absolute Gasteiger partial charge is 0.242 e. The predicted octanol–water partition coefficient (Wildman–Crippen LogP) is 0.752. The van der Waals surface area contributed by atoms with Gasteiger partial charge in [0.25, 0.3) is 0 Å². The van der Waals surface area contributed by atoms with E-state index in [2.05, 4.69) is 4.72 Å². The summed E-state index contributed by atoms with van der Waals surface area (Å²) in [7, 11) is -3.89. The van der Waals surface area contributed by atoms with Crippen molar-refractivity contribution in [1.82, 2.24) is 4.72 Å². The van der Waals surface area contributed by atoms with Crippen LogP contribution >= 0.6 is 11.6 Å². The maximum absolute atomic E-state index is 12.1. The van der Waals surface area contributed by atoms with Gasteiger partial charge in [-0.3, -0.25) is 0 Å². The molecule has 0 spiro atoms. The highest BCUT2D eigenvalue weighted by molar-refractivity contribution is 7.89. The molecule has 1 aromatic rings. The minimum absolute atomic E-state index is 0.0774. The first kappa shape index (κ1) is 15.4. The number of halogens is 1. The van der Waals surface area contributed by atoms with Gasteiger partial charge in [0, 0.05) is 0 Å². The topological polar surface area (TPSA) is 86.6 Å². The normalized spacial score (nSPS) is 12.7. The number of sulfonamides is 1. The number of hydrogen-bond donors (Lipinski definition) is 3. The molecular weight excluding hydrogens is 278 g/mol. The zero-order chi connectivity index (χ0) is 13.8. The van der Waals surface area contributed by atoms with E-state index in [0.29, 0.717) is 0 Å². The van der Waals surface area contributed by atoms with Crippen molar-refractivity contribution in [3.8, 4) is 0 Å². The summed E-state index contributed by atoms with van der Waals surface area (Å²) in [5, 5.41) is 18.6. The quantitative estimate of drug-likeness (QED) is 0.722. The monoisotopic (exact) mass is 293 g/mol. The minimum atomic E-state index is -3.89. The van der Waals surface area contributed by atoms with Crippen LogP contribution < -0.4 is 4.72 Å². The van der Waals surface area contributed by atoms with E-state index >= 15 is 0 Å². The molecular formula is C11H16ClNO4S. The second kappa shape index (κ2) is 5.99. The minimum Gasteiger partial charge on any atom is -0.394 e. The van der Waals surface area contributed by atoms with Gasteiger partial charge in [0.1, 0.15) is 4.90 Å². The van der Waals surface area contributed by atoms with Crippen molar-refractivity contribution < 1.29 is 18.6 Å². The van der Waals surface area contributed by atoms with Crippen molar-refractivity contribution in [2.45, 2.75) is 23.8 Å². The van der Waals surface area contributed by atoms with Crippen molar-refractivity contribution in [2.24, 2.45) is 0 Å². The Morgan fingerprint density at radius 2 is 1.83 bits per heavy atom. The maximum Gasteiger partial charge on any atom is 0.242 e. The summed E-state index contributed by atoms with van der Waals surface area (Å²) in [6, 6.07) is 5.99. The molecule has 102 valence electrons. The van der Waals surface area contributed by atoms with E-state index in [0.717, 1.165) is 0 Å². The van der Waals surface area contributed by atoms with Crippen LogP contribution in [0.4, 0.5) is 0 Å². The summed E-state index contributed by atoms with van der Waals surface area (Å²) >= 11 is 5.82. The van der Waals surface area contributed by atoms with Crippen LogP contribution in [0.15, 0.2) is 29.2 Å². The molecule has 5 nitrogen and oxygen atoms in total. The molecule has 0 fully saturated rings. The fourth-order valence-corrected chi connectivity index (χ4v) is 3.39. The summed E-state index contributed by atoms with van der Waals surface area (Å²) in [5.41, 5.74) is -1.28. The van der Waals surface area contributed by atoms with Gasteiger partial charge in [0.2, 0.25) is 10.0 Å². The van der Waals surface area contributed by atoms with E-state index in [1.165, 1.54) is 12.1 Å². The third kappa shape index (κ3) is 3.21. The number of aliphatic hydroxyl groups is 2. The molecule has 0 saturated heterocycles. The Morgan fingerprint density at radius 3 is 2.28 bits per heavy atom. The number of benzene rings is 1. The van der Waals surface area contributed by atoms with Crippen LogP contribution in [0, 0.1) is 0 Å². The molecule has 18 heavy (non-hydrogen) atoms. The Morgan fingerprint density at radius 1 is 1.28 bits per heavy atom. The standard InChI is InChI=1S/C11H16ClNO4S/c1-2-11(7-14,8-15)13-18(16,17)10-6-4-3-5-9(10)12/h3-6,13-15H,2,7-8H2,1H3. The fraction of sp³-hybridized carbons (Fsp3) is 0.455. The van der Waals surface area contributed by atoms with E-state index in [1.54, 1.807) is 19.1 Å². The van der Waals surface area contributed by atoms with Gasteiger partial charge in [-0.15, -0.1) is 0 Å². The van der Waals surface area contributed by atoms with Gasteiger partial charge in [-0.2, -0.15) is 0 Å². The zero-order valence-electron chi connectivity index (χ0n) is 9.93. The molecule has 0 unspecified atom stereocenters. The van der Waals surface area contributed by atoms with E-state index < -0.39 is 28.8 Å². The van der Waals surface area contributed by atoms with Crippen LogP contribution in [0.3, 0.4) is 0 Å². The first-order valence-corrected chi connectivity index (χ1v) is 7.27. The molecule has 0 heterocycles. The number of nitrogens with one attached hydrogen (secondary N) is 1. The molecule has 3 N–H and O–H groups in total. The molecule has 0 radical (unpaired) electrons. The third-order valence-corrected chi connectivity index (χ3v) is 4.84. The lowest BCUT2D eigenvalue weighted by Gasteiger charge is -2.29. The molecule has 0 aliphatic carbocycles. The molecule has 1 rings (SSSR count). The molecule has 0 aliphatic rings. The van der Waals surface area contributed by atoms with Crippen LogP contribution in [0.5, 0.6) is 0 Å². The van der Waals surface area contributed by atoms with Gasteiger partial charge in [-0.05, 0) is 18.6 Å². The van der Waals surface area contributed by atoms with Gasteiger partial charge in [-0.1, -0.05) is 30.7 Å². The molecule has 7 heteroatoms. The lowest BCUT2D eigenvalue weighted by Crippen LogP contribution is -2.53. The van der Waals surface area contributed by atoms with Crippen LogP contribution in [-0.4, -0.2) is 37.4 Å². The van der Waals surface area contributed by atoms with Gasteiger partial charge in [0.15, 0.2) is 0 Å². The fourth-order valence-electron chi connectivity index (χ4n) is 1.41. The highest BCUT2D eigenvalue weighted by atomic mass is 35.5.